The van der Waals surface area contributed by atoms with Crippen molar-refractivity contribution in [3.63, 3.8) is 0 Å². The average Bonchev–Trinajstić information content (AvgIpc) is 2.37. The highest BCUT2D eigenvalue weighted by Gasteiger charge is 2.17. The van der Waals surface area contributed by atoms with Crippen LogP contribution in [-0.4, -0.2) is 8.42 Å². The summed E-state index contributed by atoms with van der Waals surface area (Å²) in [6.45, 7) is 0. The predicted molar refractivity (Wildman–Crippen MR) is 83.6 cm³/mol. The third kappa shape index (κ3) is 3.88. The summed E-state index contributed by atoms with van der Waals surface area (Å²) in [7, 11) is -3.35. The second-order valence-electron chi connectivity index (χ2n) is 4.47. The standard InChI is InChI=1S/C14H13Cl2NO2S/c15-11-6-4-10(5-7-11)8-20(18,19)9-12-13(16)2-1-3-14(12)17/h1-7H,8-9,17H2. The number of nitrogen functional groups attached to an aromatic ring is 1. The van der Waals surface area contributed by atoms with Gasteiger partial charge < -0.3 is 5.73 Å². The van der Waals surface area contributed by atoms with E-state index in [4.69, 9.17) is 28.9 Å². The molecule has 0 aliphatic carbocycles. The second-order valence-corrected chi connectivity index (χ2v) is 7.37. The lowest BCUT2D eigenvalue weighted by Gasteiger charge is -2.09. The van der Waals surface area contributed by atoms with Crippen LogP contribution in [0.25, 0.3) is 0 Å². The summed E-state index contributed by atoms with van der Waals surface area (Å²) in [4.78, 5) is 0. The van der Waals surface area contributed by atoms with Gasteiger partial charge in [-0.05, 0) is 29.8 Å². The van der Waals surface area contributed by atoms with Crippen molar-refractivity contribution in [1.82, 2.24) is 0 Å². The van der Waals surface area contributed by atoms with E-state index >= 15 is 0 Å². The van der Waals surface area contributed by atoms with E-state index in [-0.39, 0.29) is 11.5 Å². The summed E-state index contributed by atoms with van der Waals surface area (Å²) in [6, 6.07) is 11.7. The maximum atomic E-state index is 12.2. The molecule has 0 aromatic heterocycles. The zero-order valence-electron chi connectivity index (χ0n) is 10.5. The van der Waals surface area contributed by atoms with Crippen LogP contribution in [0.1, 0.15) is 11.1 Å². The number of rotatable bonds is 4. The summed E-state index contributed by atoms with van der Waals surface area (Å²) in [5, 5.41) is 0.936. The van der Waals surface area contributed by atoms with Crippen LogP contribution in [0.15, 0.2) is 42.5 Å². The van der Waals surface area contributed by atoms with Crippen LogP contribution in [0.2, 0.25) is 10.0 Å². The molecule has 0 spiro atoms. The van der Waals surface area contributed by atoms with Crippen LogP contribution in [0.4, 0.5) is 5.69 Å². The summed E-state index contributed by atoms with van der Waals surface area (Å²) < 4.78 is 24.4. The highest BCUT2D eigenvalue weighted by atomic mass is 35.5. The van der Waals surface area contributed by atoms with E-state index in [0.717, 1.165) is 0 Å². The first-order chi connectivity index (χ1) is 9.37. The summed E-state index contributed by atoms with van der Waals surface area (Å²) >= 11 is 11.8. The molecule has 0 atom stereocenters. The van der Waals surface area contributed by atoms with Gasteiger partial charge in [0.05, 0.1) is 11.5 Å². The Morgan fingerprint density at radius 2 is 1.60 bits per heavy atom. The summed E-state index contributed by atoms with van der Waals surface area (Å²) in [6.07, 6.45) is 0. The summed E-state index contributed by atoms with van der Waals surface area (Å²) in [5.41, 5.74) is 7.29. The van der Waals surface area contributed by atoms with Crippen molar-refractivity contribution < 1.29 is 8.42 Å². The lowest BCUT2D eigenvalue weighted by molar-refractivity contribution is 0.594. The van der Waals surface area contributed by atoms with Gasteiger partial charge in [0.15, 0.2) is 9.84 Å². The molecule has 0 radical (unpaired) electrons. The Morgan fingerprint density at radius 1 is 0.950 bits per heavy atom. The fourth-order valence-corrected chi connectivity index (χ4v) is 3.85. The van der Waals surface area contributed by atoms with Crippen LogP contribution in [-0.2, 0) is 21.3 Å². The van der Waals surface area contributed by atoms with E-state index in [1.807, 2.05) is 0 Å². The zero-order chi connectivity index (χ0) is 14.8. The Labute approximate surface area is 128 Å². The highest BCUT2D eigenvalue weighted by molar-refractivity contribution is 7.89. The Balaban J connectivity index is 2.21. The molecular formula is C14H13Cl2NO2S. The molecule has 2 aromatic carbocycles. The lowest BCUT2D eigenvalue weighted by Crippen LogP contribution is -2.09. The van der Waals surface area contributed by atoms with Crippen molar-refractivity contribution in [3.8, 4) is 0 Å². The van der Waals surface area contributed by atoms with Crippen molar-refractivity contribution in [2.75, 3.05) is 5.73 Å². The van der Waals surface area contributed by atoms with E-state index in [2.05, 4.69) is 0 Å². The summed E-state index contributed by atoms with van der Waals surface area (Å²) in [5.74, 6) is -0.254. The molecule has 0 amide bonds. The largest absolute Gasteiger partial charge is 0.398 e. The minimum Gasteiger partial charge on any atom is -0.398 e. The average molecular weight is 330 g/mol. The molecule has 0 fully saturated rings. The van der Waals surface area contributed by atoms with Gasteiger partial charge >= 0.3 is 0 Å². The van der Waals surface area contributed by atoms with Crippen molar-refractivity contribution in [3.05, 3.63) is 63.6 Å². The maximum absolute atomic E-state index is 12.2. The molecule has 0 aliphatic rings. The molecule has 6 heteroatoms. The normalized spacial score (nSPS) is 11.5. The SMILES string of the molecule is Nc1cccc(Cl)c1CS(=O)(=O)Cc1ccc(Cl)cc1. The van der Waals surface area contributed by atoms with Crippen molar-refractivity contribution >= 4 is 38.7 Å². The Kier molecular flexibility index (Phi) is 4.58. The van der Waals surface area contributed by atoms with E-state index in [9.17, 15) is 8.42 Å². The number of hydrogen-bond donors (Lipinski definition) is 1. The minimum absolute atomic E-state index is 0.0746. The monoisotopic (exact) mass is 329 g/mol. The van der Waals surface area contributed by atoms with Gasteiger partial charge in [0, 0.05) is 21.3 Å². The van der Waals surface area contributed by atoms with Crippen LogP contribution in [0.3, 0.4) is 0 Å². The number of hydrogen-bond acceptors (Lipinski definition) is 3. The molecule has 20 heavy (non-hydrogen) atoms. The van der Waals surface area contributed by atoms with Crippen LogP contribution < -0.4 is 5.73 Å². The first-order valence-corrected chi connectivity index (χ1v) is 8.43. The first kappa shape index (κ1) is 15.2. The molecule has 2 aromatic rings. The fraction of sp³-hybridized carbons (Fsp3) is 0.143. The third-order valence-corrected chi connectivity index (χ3v) is 4.93. The van der Waals surface area contributed by atoms with E-state index in [1.165, 1.54) is 0 Å². The maximum Gasteiger partial charge on any atom is 0.158 e. The van der Waals surface area contributed by atoms with E-state index in [1.54, 1.807) is 42.5 Å². The van der Waals surface area contributed by atoms with Gasteiger partial charge in [-0.15, -0.1) is 0 Å². The van der Waals surface area contributed by atoms with Crippen LogP contribution >= 0.6 is 23.2 Å². The van der Waals surface area contributed by atoms with E-state index in [0.29, 0.717) is 26.9 Å². The van der Waals surface area contributed by atoms with Gasteiger partial charge in [0.2, 0.25) is 0 Å². The minimum atomic E-state index is -3.35. The lowest BCUT2D eigenvalue weighted by atomic mass is 10.2. The second kappa shape index (κ2) is 6.04. The van der Waals surface area contributed by atoms with Crippen LogP contribution in [0, 0.1) is 0 Å². The van der Waals surface area contributed by atoms with Gasteiger partial charge in [-0.2, -0.15) is 0 Å². The third-order valence-electron chi connectivity index (χ3n) is 2.82. The van der Waals surface area contributed by atoms with Crippen molar-refractivity contribution in [1.29, 1.82) is 0 Å². The number of nitrogens with two attached hydrogens (primary N) is 1. The molecule has 0 saturated heterocycles. The Hall–Kier alpha value is -1.23. The molecule has 0 saturated carbocycles. The molecule has 2 N–H and O–H groups in total. The Morgan fingerprint density at radius 3 is 2.20 bits per heavy atom. The fourth-order valence-electron chi connectivity index (χ4n) is 1.83. The molecule has 106 valence electrons. The number of benzene rings is 2. The quantitative estimate of drug-likeness (QED) is 0.870. The first-order valence-electron chi connectivity index (χ1n) is 5.85. The van der Waals surface area contributed by atoms with Crippen molar-refractivity contribution in [2.45, 2.75) is 11.5 Å². The van der Waals surface area contributed by atoms with Gasteiger partial charge in [-0.3, -0.25) is 0 Å². The van der Waals surface area contributed by atoms with Gasteiger partial charge in [-0.25, -0.2) is 8.42 Å². The molecule has 2 rings (SSSR count). The molecular weight excluding hydrogens is 317 g/mol. The number of sulfone groups is 1. The molecule has 0 aliphatic heterocycles. The van der Waals surface area contributed by atoms with Gasteiger partial charge in [0.1, 0.15) is 0 Å². The molecule has 3 nitrogen and oxygen atoms in total. The smallest absolute Gasteiger partial charge is 0.158 e. The number of halogens is 2. The highest BCUT2D eigenvalue weighted by Crippen LogP contribution is 2.25. The molecule has 0 heterocycles. The van der Waals surface area contributed by atoms with Gasteiger partial charge in [-0.1, -0.05) is 41.4 Å². The molecule has 0 unspecified atom stereocenters. The predicted octanol–water partition coefficient (Wildman–Crippen LogP) is 3.69. The van der Waals surface area contributed by atoms with E-state index < -0.39 is 9.84 Å². The zero-order valence-corrected chi connectivity index (χ0v) is 12.8. The van der Waals surface area contributed by atoms with Crippen molar-refractivity contribution in [2.24, 2.45) is 0 Å². The Bertz CT molecular complexity index is 692. The van der Waals surface area contributed by atoms with Gasteiger partial charge in [0.25, 0.3) is 0 Å². The topological polar surface area (TPSA) is 60.2 Å². The number of anilines is 1. The molecule has 0 bridgehead atoms. The van der Waals surface area contributed by atoms with Crippen LogP contribution in [0.5, 0.6) is 0 Å².